The smallest absolute Gasteiger partial charge is 0.344 e. The Morgan fingerprint density at radius 1 is 0.595 bits per heavy atom. The monoisotopic (exact) mass is 538 g/mol. The van der Waals surface area contributed by atoms with Gasteiger partial charge in [0, 0.05) is 55.7 Å². The van der Waals surface area contributed by atoms with E-state index in [-0.39, 0.29) is 6.04 Å². The van der Waals surface area contributed by atoms with Crippen molar-refractivity contribution < 1.29 is 4.79 Å². The van der Waals surface area contributed by atoms with Crippen LogP contribution in [-0.2, 0) is 0 Å². The molecular formula is C36H22N6. The van der Waals surface area contributed by atoms with Crippen LogP contribution in [0.2, 0.25) is 0 Å². The molecular weight excluding hydrogens is 516 g/mol. The van der Waals surface area contributed by atoms with Crippen molar-refractivity contribution in [3.8, 4) is 0 Å². The highest BCUT2D eigenvalue weighted by Gasteiger charge is 2.41. The van der Waals surface area contributed by atoms with Crippen molar-refractivity contribution >= 4 is 57.2 Å². The van der Waals surface area contributed by atoms with E-state index in [1.807, 2.05) is 36.4 Å². The summed E-state index contributed by atoms with van der Waals surface area (Å²) in [5.74, 6) is 0. The Hall–Kier alpha value is -5.84. The second-order valence-electron chi connectivity index (χ2n) is 10.8. The van der Waals surface area contributed by atoms with Crippen LogP contribution in [0.15, 0.2) is 113 Å². The van der Waals surface area contributed by atoms with Crippen molar-refractivity contribution in [2.24, 2.45) is 9.98 Å². The van der Waals surface area contributed by atoms with Crippen LogP contribution >= 0.6 is 0 Å². The normalized spacial score (nSPS) is 17.7. The number of benzene rings is 4. The van der Waals surface area contributed by atoms with Crippen LogP contribution in [0.25, 0.3) is 45.5 Å². The first-order valence-electron chi connectivity index (χ1n) is 14.0. The van der Waals surface area contributed by atoms with Gasteiger partial charge in [-0.25, -0.2) is 9.98 Å². The minimum atomic E-state index is -0.387. The van der Waals surface area contributed by atoms with Crippen molar-refractivity contribution in [3.63, 3.8) is 0 Å². The molecule has 9 rings (SSSR count). The van der Waals surface area contributed by atoms with Crippen LogP contribution in [0.5, 0.6) is 0 Å². The van der Waals surface area contributed by atoms with Crippen LogP contribution in [0.1, 0.15) is 50.8 Å². The van der Waals surface area contributed by atoms with E-state index in [0.717, 1.165) is 78.3 Å². The summed E-state index contributed by atoms with van der Waals surface area (Å²) in [5.41, 5.74) is 23.3. The third kappa shape index (κ3) is 3.21. The summed E-state index contributed by atoms with van der Waals surface area (Å²) >= 11 is 0. The molecule has 1 aromatic heterocycles. The van der Waals surface area contributed by atoms with Crippen LogP contribution in [0.4, 0.5) is 0 Å². The second-order valence-corrected chi connectivity index (χ2v) is 10.8. The van der Waals surface area contributed by atoms with Gasteiger partial charge in [0.1, 0.15) is 0 Å². The van der Waals surface area contributed by atoms with Gasteiger partial charge in [0.25, 0.3) is 0 Å². The van der Waals surface area contributed by atoms with Gasteiger partial charge in [-0.2, -0.15) is 4.79 Å². The fourth-order valence-electron chi connectivity index (χ4n) is 6.61. The minimum absolute atomic E-state index is 0.387. The van der Waals surface area contributed by atoms with Crippen molar-refractivity contribution in [1.82, 2.24) is 10.3 Å². The lowest BCUT2D eigenvalue weighted by Gasteiger charge is -2.09. The molecule has 5 aromatic rings. The van der Waals surface area contributed by atoms with Gasteiger partial charge in [0.2, 0.25) is 0 Å². The van der Waals surface area contributed by atoms with E-state index < -0.39 is 0 Å². The van der Waals surface area contributed by atoms with E-state index in [4.69, 9.17) is 9.98 Å². The Morgan fingerprint density at radius 3 is 1.88 bits per heavy atom. The number of hydrogen-bond acceptors (Lipinski definition) is 3. The van der Waals surface area contributed by atoms with E-state index in [2.05, 4.69) is 94.0 Å². The third-order valence-electron chi connectivity index (χ3n) is 8.52. The average molecular weight is 539 g/mol. The molecule has 4 aliphatic rings. The molecule has 5 heterocycles. The maximum absolute atomic E-state index is 10.5. The molecule has 42 heavy (non-hydrogen) atoms. The molecule has 0 spiro atoms. The molecule has 0 amide bonds. The third-order valence-corrected chi connectivity index (χ3v) is 8.52. The molecule has 0 saturated heterocycles. The average Bonchev–Trinajstić information content (AvgIpc) is 3.77. The van der Waals surface area contributed by atoms with Gasteiger partial charge in [-0.1, -0.05) is 97.1 Å². The van der Waals surface area contributed by atoms with Crippen molar-refractivity contribution in [2.75, 3.05) is 0 Å². The number of hydrogen-bond donors (Lipinski definition) is 2. The van der Waals surface area contributed by atoms with Crippen LogP contribution < -0.4 is 5.32 Å². The summed E-state index contributed by atoms with van der Waals surface area (Å²) in [6, 6.07) is 32.7. The summed E-state index contributed by atoms with van der Waals surface area (Å²) in [7, 11) is 0. The summed E-state index contributed by atoms with van der Waals surface area (Å²) in [6.45, 7) is 0. The number of aromatic amines is 1. The van der Waals surface area contributed by atoms with E-state index in [1.54, 1.807) is 0 Å². The predicted octanol–water partition coefficient (Wildman–Crippen LogP) is 7.14. The number of rotatable bonds is 0. The van der Waals surface area contributed by atoms with Gasteiger partial charge in [0.05, 0.1) is 17.1 Å². The Labute approximate surface area is 241 Å². The summed E-state index contributed by atoms with van der Waals surface area (Å²) in [5, 5.41) is 5.87. The lowest BCUT2D eigenvalue weighted by atomic mass is 9.94. The molecule has 6 nitrogen and oxygen atoms in total. The Balaban J connectivity index is 1.38. The summed E-state index contributed by atoms with van der Waals surface area (Å²) < 4.78 is 0. The quantitative estimate of drug-likeness (QED) is 0.159. The number of aliphatic imine (C=N–C) groups is 2. The van der Waals surface area contributed by atoms with Crippen molar-refractivity contribution in [2.45, 2.75) is 6.04 Å². The molecule has 0 radical (unpaired) electrons. The van der Waals surface area contributed by atoms with Gasteiger partial charge in [-0.05, 0) is 23.8 Å². The van der Waals surface area contributed by atoms with Crippen LogP contribution in [-0.4, -0.2) is 26.9 Å². The van der Waals surface area contributed by atoms with Crippen molar-refractivity contribution in [1.29, 1.82) is 0 Å². The maximum atomic E-state index is 10.5. The highest BCUT2D eigenvalue weighted by atomic mass is 15.0. The van der Waals surface area contributed by atoms with Crippen molar-refractivity contribution in [3.05, 3.63) is 153 Å². The molecule has 0 aliphatic carbocycles. The highest BCUT2D eigenvalue weighted by Crippen LogP contribution is 2.40. The first-order chi connectivity index (χ1) is 20.8. The van der Waals surface area contributed by atoms with Gasteiger partial charge >= 0.3 is 5.71 Å². The zero-order chi connectivity index (χ0) is 27.8. The van der Waals surface area contributed by atoms with Gasteiger partial charge in [-0.3, -0.25) is 0 Å². The zero-order valence-electron chi connectivity index (χ0n) is 22.3. The molecule has 8 bridgehead atoms. The summed E-state index contributed by atoms with van der Waals surface area (Å²) in [4.78, 5) is 17.8. The van der Waals surface area contributed by atoms with E-state index in [1.165, 1.54) is 0 Å². The summed E-state index contributed by atoms with van der Waals surface area (Å²) in [6.07, 6.45) is 6.34. The first kappa shape index (κ1) is 22.9. The number of fused-ring (bicyclic) bond motifs is 18. The molecule has 0 fully saturated rings. The fraction of sp³-hybridized carbons (Fsp3) is 0.0278. The second kappa shape index (κ2) is 8.58. The lowest BCUT2D eigenvalue weighted by molar-refractivity contribution is -0.00638. The maximum Gasteiger partial charge on any atom is 0.344 e. The number of aromatic nitrogens is 1. The Kier molecular flexibility index (Phi) is 4.68. The Bertz CT molecular complexity index is 2230. The standard InChI is InChI=1S/C36H22N6/c37-42-36-34-26-15-7-5-13-24(26)32(40-34)18-30-22-11-3-1-9-20(22)28(38-30)17-29-21-10-2-4-12-23(21)31(39-29)19-33-25-14-6-8-16-27(25)35(36)41-33/h1-19,34,39-40H. The topological polar surface area (TPSA) is 88.9 Å². The van der Waals surface area contributed by atoms with Gasteiger partial charge in [-0.15, -0.1) is 0 Å². The number of allylic oxidation sites excluding steroid dienone is 1. The van der Waals surface area contributed by atoms with Gasteiger partial charge < -0.3 is 15.8 Å². The molecule has 4 aromatic carbocycles. The fourth-order valence-corrected chi connectivity index (χ4v) is 6.61. The van der Waals surface area contributed by atoms with E-state index in [9.17, 15) is 5.53 Å². The molecule has 2 N–H and O–H groups in total. The zero-order valence-corrected chi connectivity index (χ0v) is 22.3. The molecule has 4 aliphatic heterocycles. The lowest BCUT2D eigenvalue weighted by Crippen LogP contribution is -2.29. The van der Waals surface area contributed by atoms with E-state index >= 15 is 0 Å². The largest absolute Gasteiger partial charge is 0.368 e. The number of nitrogens with zero attached hydrogens (tertiary/aromatic N) is 4. The number of nitrogens with one attached hydrogen (secondary N) is 2. The van der Waals surface area contributed by atoms with Crippen LogP contribution in [0.3, 0.4) is 0 Å². The molecule has 0 saturated carbocycles. The molecule has 1 unspecified atom stereocenters. The molecule has 196 valence electrons. The number of H-pyrrole nitrogens is 1. The first-order valence-corrected chi connectivity index (χ1v) is 14.0. The molecule has 1 atom stereocenters. The SMILES string of the molecule is [N-]=[N+]=C1C2=NC(=Cc3[nH]c(c4ccccc34)C=C3N=C(C=C4NC1c1ccccc14)c1ccccc13)c1ccccc12. The Morgan fingerprint density at radius 2 is 1.17 bits per heavy atom. The highest BCUT2D eigenvalue weighted by molar-refractivity contribution is 6.51. The van der Waals surface area contributed by atoms with E-state index in [0.29, 0.717) is 11.4 Å². The van der Waals surface area contributed by atoms with Gasteiger partial charge in [0.15, 0.2) is 11.8 Å². The van der Waals surface area contributed by atoms with Crippen LogP contribution in [0, 0.1) is 0 Å². The molecule has 6 heteroatoms. The predicted molar refractivity (Wildman–Crippen MR) is 169 cm³/mol. The minimum Gasteiger partial charge on any atom is -0.368 e.